The van der Waals surface area contributed by atoms with E-state index < -0.39 is 40.2 Å². The minimum Gasteiger partial charge on any atom is -0.469 e. The van der Waals surface area contributed by atoms with Crippen LogP contribution >= 0.6 is 0 Å². The maximum atomic E-state index is 12.4. The first-order valence-electron chi connectivity index (χ1n) is 10.5. The number of nitrogens with zero attached hydrogens (tertiary/aromatic N) is 1. The van der Waals surface area contributed by atoms with Gasteiger partial charge in [-0.05, 0) is 42.3 Å². The first-order valence-corrected chi connectivity index (χ1v) is 16.3. The summed E-state index contributed by atoms with van der Waals surface area (Å²) in [5.74, 6) is 0.659. The Balaban J connectivity index is 2.33. The van der Waals surface area contributed by atoms with Crippen molar-refractivity contribution in [3.05, 3.63) is 44.9 Å². The summed E-state index contributed by atoms with van der Waals surface area (Å²) in [5, 5.41) is 0.0835. The molecule has 0 bridgehead atoms. The lowest BCUT2D eigenvalue weighted by Crippen LogP contribution is -2.46. The Morgan fingerprint density at radius 2 is 1.60 bits per heavy atom. The SMILES string of the molecule is CC(C)(C)[Si](C)(C)OCC1=CC(O[Si](C)(C)C(C)(C)C)[C@H](n2ccc(=O)[nH]c2=O)O1. The molecule has 2 rings (SSSR count). The van der Waals surface area contributed by atoms with Crippen LogP contribution in [0.15, 0.2) is 33.7 Å². The molecule has 1 aliphatic heterocycles. The molecule has 0 radical (unpaired) electrons. The zero-order valence-electron chi connectivity index (χ0n) is 20.1. The highest BCUT2D eigenvalue weighted by atomic mass is 28.4. The smallest absolute Gasteiger partial charge is 0.331 e. The van der Waals surface area contributed by atoms with Crippen molar-refractivity contribution in [3.63, 3.8) is 0 Å². The van der Waals surface area contributed by atoms with Crippen molar-refractivity contribution >= 4 is 16.6 Å². The van der Waals surface area contributed by atoms with Crippen molar-refractivity contribution in [2.24, 2.45) is 0 Å². The topological polar surface area (TPSA) is 82.5 Å². The molecule has 1 aromatic heterocycles. The van der Waals surface area contributed by atoms with Gasteiger partial charge in [-0.1, -0.05) is 41.5 Å². The molecule has 0 fully saturated rings. The van der Waals surface area contributed by atoms with Crippen LogP contribution in [0.3, 0.4) is 0 Å². The van der Waals surface area contributed by atoms with Gasteiger partial charge in [-0.2, -0.15) is 0 Å². The lowest BCUT2D eigenvalue weighted by molar-refractivity contribution is -0.00485. The number of hydrogen-bond donors (Lipinski definition) is 1. The van der Waals surface area contributed by atoms with Crippen LogP contribution < -0.4 is 11.2 Å². The Morgan fingerprint density at radius 1 is 1.03 bits per heavy atom. The molecule has 7 nitrogen and oxygen atoms in total. The molecule has 1 aromatic rings. The van der Waals surface area contributed by atoms with E-state index in [2.05, 4.69) is 72.7 Å². The van der Waals surface area contributed by atoms with Crippen molar-refractivity contribution in [1.29, 1.82) is 0 Å². The van der Waals surface area contributed by atoms with Crippen LogP contribution in [0.2, 0.25) is 36.3 Å². The van der Waals surface area contributed by atoms with Gasteiger partial charge >= 0.3 is 5.69 Å². The quantitative estimate of drug-likeness (QED) is 0.646. The zero-order chi connectivity index (χ0) is 23.1. The van der Waals surface area contributed by atoms with E-state index in [9.17, 15) is 9.59 Å². The van der Waals surface area contributed by atoms with Gasteiger partial charge in [-0.25, -0.2) is 4.79 Å². The summed E-state index contributed by atoms with van der Waals surface area (Å²) in [6.45, 7) is 22.1. The summed E-state index contributed by atoms with van der Waals surface area (Å²) in [6, 6.07) is 1.32. The molecule has 0 spiro atoms. The second-order valence-corrected chi connectivity index (χ2v) is 20.6. The number of aromatic nitrogens is 2. The summed E-state index contributed by atoms with van der Waals surface area (Å²) in [6.07, 6.45) is 2.27. The molecule has 9 heteroatoms. The predicted molar refractivity (Wildman–Crippen MR) is 125 cm³/mol. The van der Waals surface area contributed by atoms with Crippen molar-refractivity contribution in [2.75, 3.05) is 6.61 Å². The Bertz CT molecular complexity index is 903. The molecule has 2 heterocycles. The van der Waals surface area contributed by atoms with Crippen LogP contribution in [0.1, 0.15) is 47.8 Å². The van der Waals surface area contributed by atoms with Gasteiger partial charge in [0, 0.05) is 12.3 Å². The number of H-pyrrole nitrogens is 1. The number of nitrogens with one attached hydrogen (secondary N) is 1. The molecule has 2 atom stereocenters. The molecule has 0 amide bonds. The van der Waals surface area contributed by atoms with Crippen molar-refractivity contribution < 1.29 is 13.6 Å². The molecule has 1 unspecified atom stereocenters. The first-order chi connectivity index (χ1) is 13.4. The first kappa shape index (κ1) is 24.8. The molecule has 170 valence electrons. The van der Waals surface area contributed by atoms with Gasteiger partial charge in [-0.3, -0.25) is 14.3 Å². The fourth-order valence-electron chi connectivity index (χ4n) is 2.53. The van der Waals surface area contributed by atoms with Crippen LogP contribution in [0, 0.1) is 0 Å². The Kier molecular flexibility index (Phi) is 6.83. The summed E-state index contributed by atoms with van der Waals surface area (Å²) in [4.78, 5) is 26.2. The van der Waals surface area contributed by atoms with Crippen LogP contribution in [-0.2, 0) is 13.6 Å². The predicted octanol–water partition coefficient (Wildman–Crippen LogP) is 4.36. The van der Waals surface area contributed by atoms with E-state index in [1.807, 2.05) is 6.08 Å². The maximum Gasteiger partial charge on any atom is 0.331 e. The average molecular weight is 455 g/mol. The Labute approximate surface area is 181 Å². The molecule has 0 saturated carbocycles. The standard InChI is InChI=1S/C21H38N2O5Si2/c1-20(2,3)29(7,8)26-14-15-13-16(28-30(9,10)21(4,5)6)18(27-15)23-12-11-17(24)22-19(23)25/h11-13,16,18H,14H2,1-10H3,(H,22,24,25)/t16?,18-/m1/s1. The Morgan fingerprint density at radius 3 is 2.10 bits per heavy atom. The second kappa shape index (κ2) is 8.25. The van der Waals surface area contributed by atoms with Crippen molar-refractivity contribution in [1.82, 2.24) is 9.55 Å². The van der Waals surface area contributed by atoms with E-state index in [1.54, 1.807) is 0 Å². The van der Waals surface area contributed by atoms with E-state index in [0.717, 1.165) is 0 Å². The maximum absolute atomic E-state index is 12.4. The molecule has 0 aromatic carbocycles. The lowest BCUT2D eigenvalue weighted by Gasteiger charge is -2.39. The van der Waals surface area contributed by atoms with Crippen molar-refractivity contribution in [3.8, 4) is 0 Å². The number of ether oxygens (including phenoxy) is 1. The van der Waals surface area contributed by atoms with Gasteiger partial charge < -0.3 is 13.6 Å². The summed E-state index contributed by atoms with van der Waals surface area (Å²) in [5.41, 5.74) is -0.957. The van der Waals surface area contributed by atoms with Crippen LogP contribution in [0.4, 0.5) is 0 Å². The minimum atomic E-state index is -2.14. The fourth-order valence-corrected chi connectivity index (χ4v) is 4.68. The normalized spacial score (nSPS) is 20.8. The summed E-state index contributed by atoms with van der Waals surface area (Å²) < 4.78 is 20.4. The highest BCUT2D eigenvalue weighted by Crippen LogP contribution is 2.41. The third kappa shape index (κ3) is 5.43. The Hall–Kier alpha value is -1.43. The third-order valence-corrected chi connectivity index (χ3v) is 15.6. The molecule has 0 aliphatic carbocycles. The number of aromatic amines is 1. The van der Waals surface area contributed by atoms with Gasteiger partial charge in [0.25, 0.3) is 5.56 Å². The zero-order valence-corrected chi connectivity index (χ0v) is 22.1. The van der Waals surface area contributed by atoms with E-state index >= 15 is 0 Å². The van der Waals surface area contributed by atoms with Crippen LogP contribution in [0.5, 0.6) is 0 Å². The van der Waals surface area contributed by atoms with E-state index in [4.69, 9.17) is 13.6 Å². The highest BCUT2D eigenvalue weighted by molar-refractivity contribution is 6.74. The molecular weight excluding hydrogens is 416 g/mol. The van der Waals surface area contributed by atoms with Gasteiger partial charge in [0.05, 0.1) is 6.61 Å². The van der Waals surface area contributed by atoms with Gasteiger partial charge in [0.1, 0.15) is 11.9 Å². The fraction of sp³-hybridized carbons (Fsp3) is 0.714. The molecule has 30 heavy (non-hydrogen) atoms. The van der Waals surface area contributed by atoms with E-state index in [1.165, 1.54) is 16.8 Å². The summed E-state index contributed by atoms with van der Waals surface area (Å²) >= 11 is 0. The van der Waals surface area contributed by atoms with Gasteiger partial charge in [-0.15, -0.1) is 0 Å². The van der Waals surface area contributed by atoms with Gasteiger partial charge in [0.15, 0.2) is 16.6 Å². The lowest BCUT2D eigenvalue weighted by atomic mass is 10.2. The second-order valence-electron chi connectivity index (χ2n) is 11.1. The molecule has 1 aliphatic rings. The van der Waals surface area contributed by atoms with Crippen LogP contribution in [0.25, 0.3) is 0 Å². The summed E-state index contributed by atoms with van der Waals surface area (Å²) in [7, 11) is -4.10. The van der Waals surface area contributed by atoms with Crippen molar-refractivity contribution in [2.45, 2.75) is 90.1 Å². The number of hydrogen-bond acceptors (Lipinski definition) is 5. The number of rotatable bonds is 6. The third-order valence-electron chi connectivity index (χ3n) is 6.65. The largest absolute Gasteiger partial charge is 0.469 e. The highest BCUT2D eigenvalue weighted by Gasteiger charge is 2.44. The molecule has 0 saturated heterocycles. The minimum absolute atomic E-state index is 0.00173. The monoisotopic (exact) mass is 454 g/mol. The van der Waals surface area contributed by atoms with Gasteiger partial charge in [0.2, 0.25) is 6.23 Å². The van der Waals surface area contributed by atoms with Crippen LogP contribution in [-0.4, -0.2) is 38.9 Å². The van der Waals surface area contributed by atoms with E-state index in [-0.39, 0.29) is 10.1 Å². The molecular formula is C21H38N2O5Si2. The molecule has 1 N–H and O–H groups in total. The average Bonchev–Trinajstić information content (AvgIpc) is 2.93. The van der Waals surface area contributed by atoms with E-state index in [0.29, 0.717) is 12.4 Å².